The quantitative estimate of drug-likeness (QED) is 0.282. The van der Waals surface area contributed by atoms with Crippen molar-refractivity contribution in [2.45, 2.75) is 19.8 Å². The topological polar surface area (TPSA) is 212 Å². The Labute approximate surface area is 184 Å². The molecule has 0 spiro atoms. The molecule has 0 aliphatic heterocycles. The van der Waals surface area contributed by atoms with Crippen molar-refractivity contribution in [2.24, 2.45) is 0 Å². The maximum Gasteiger partial charge on any atom is 0.226 e. The summed E-state index contributed by atoms with van der Waals surface area (Å²) in [5.41, 5.74) is -1.64. The van der Waals surface area contributed by atoms with Crippen molar-refractivity contribution in [3.05, 3.63) is 84.9 Å². The monoisotopic (exact) mass is 477 g/mol. The minimum atomic E-state index is -0.546. The molecule has 0 bridgehead atoms. The molecule has 1 radical (unpaired) electrons. The molecule has 13 heteroatoms. The van der Waals surface area contributed by atoms with E-state index in [1.54, 1.807) is 0 Å². The third-order valence-electron chi connectivity index (χ3n) is 3.21. The van der Waals surface area contributed by atoms with Crippen LogP contribution in [-0.4, -0.2) is 30.6 Å². The van der Waals surface area contributed by atoms with Crippen molar-refractivity contribution in [3.8, 4) is 17.2 Å². The van der Waals surface area contributed by atoms with Crippen LogP contribution in [0.3, 0.4) is 0 Å². The summed E-state index contributed by atoms with van der Waals surface area (Å²) in [6.45, 7) is -1.41. The van der Waals surface area contributed by atoms with E-state index in [1.807, 2.05) is 0 Å². The van der Waals surface area contributed by atoms with Gasteiger partial charge in [-0.05, 0) is 0 Å². The Kier molecular flexibility index (Phi) is 12.4. The Balaban J connectivity index is 0.000000429. The molecule has 0 aromatic carbocycles. The second-order valence-corrected chi connectivity index (χ2v) is 5.14. The fraction of sp³-hybridized carbons (Fsp3) is 0.167. The van der Waals surface area contributed by atoms with E-state index < -0.39 is 53.4 Å². The number of hydrogen-bond donors (Lipinski definition) is 6. The van der Waals surface area contributed by atoms with E-state index in [0.717, 1.165) is 37.0 Å². The number of aromatic hydroxyl groups is 3. The minimum Gasteiger partial charge on any atom is -0.502 e. The summed E-state index contributed by atoms with van der Waals surface area (Å²) in [4.78, 5) is 31.7. The largest absolute Gasteiger partial charge is 0.502 e. The van der Waals surface area contributed by atoms with Crippen molar-refractivity contribution in [2.75, 3.05) is 0 Å². The van der Waals surface area contributed by atoms with Crippen molar-refractivity contribution in [1.29, 1.82) is 0 Å². The first-order valence-electron chi connectivity index (χ1n) is 7.98. The first-order chi connectivity index (χ1) is 14.3. The molecule has 0 amide bonds. The van der Waals surface area contributed by atoms with Crippen molar-refractivity contribution < 1.29 is 62.4 Å². The van der Waals surface area contributed by atoms with E-state index in [-0.39, 0.29) is 35.8 Å². The van der Waals surface area contributed by atoms with E-state index in [4.69, 9.17) is 30.6 Å². The Morgan fingerprint density at radius 2 is 0.774 bits per heavy atom. The second-order valence-electron chi connectivity index (χ2n) is 5.14. The van der Waals surface area contributed by atoms with Crippen LogP contribution in [0.1, 0.15) is 17.3 Å². The molecule has 0 atom stereocenters. The zero-order valence-corrected chi connectivity index (χ0v) is 17.1. The molecule has 6 N–H and O–H groups in total. The Bertz CT molecular complexity index is 974. The molecule has 31 heavy (non-hydrogen) atoms. The van der Waals surface area contributed by atoms with Gasteiger partial charge in [0.15, 0.2) is 17.3 Å². The van der Waals surface area contributed by atoms with Gasteiger partial charge in [-0.1, -0.05) is 0 Å². The second kappa shape index (κ2) is 13.8. The standard InChI is InChI=1S/3C6H6O4.V/c3*7-3-5-6(9)4(8)1-2-10-5;/h3*1-2,7,9H,3H2;. The van der Waals surface area contributed by atoms with Crippen LogP contribution >= 0.6 is 0 Å². The number of rotatable bonds is 3. The maximum absolute atomic E-state index is 10.6. The van der Waals surface area contributed by atoms with Crippen LogP contribution in [0.5, 0.6) is 17.2 Å². The summed E-state index contributed by atoms with van der Waals surface area (Å²) >= 11 is 0. The average molecular weight is 477 g/mol. The maximum atomic E-state index is 10.6. The molecule has 3 heterocycles. The van der Waals surface area contributed by atoms with Crippen molar-refractivity contribution >= 4 is 0 Å². The van der Waals surface area contributed by atoms with Crippen molar-refractivity contribution in [3.63, 3.8) is 0 Å². The zero-order valence-electron chi connectivity index (χ0n) is 15.7. The van der Waals surface area contributed by atoms with Gasteiger partial charge in [0.05, 0.1) is 18.8 Å². The first kappa shape index (κ1) is 27.7. The average Bonchev–Trinajstić information content (AvgIpc) is 2.75. The number of aliphatic hydroxyl groups is 3. The van der Waals surface area contributed by atoms with Gasteiger partial charge < -0.3 is 43.9 Å². The van der Waals surface area contributed by atoms with E-state index in [0.29, 0.717) is 0 Å². The molecule has 0 saturated heterocycles. The Morgan fingerprint density at radius 3 is 0.935 bits per heavy atom. The van der Waals surface area contributed by atoms with Crippen LogP contribution in [-0.2, 0) is 38.4 Å². The molecule has 3 rings (SSSR count). The molecular formula is C18H18O12V. The fourth-order valence-electron chi connectivity index (χ4n) is 1.69. The van der Waals surface area contributed by atoms with Gasteiger partial charge in [-0.15, -0.1) is 0 Å². The van der Waals surface area contributed by atoms with Gasteiger partial charge in [-0.25, -0.2) is 0 Å². The van der Waals surface area contributed by atoms with E-state index in [2.05, 4.69) is 13.3 Å². The summed E-state index contributed by atoms with van der Waals surface area (Å²) in [5.74, 6) is -1.88. The van der Waals surface area contributed by atoms with Gasteiger partial charge in [0, 0.05) is 36.8 Å². The molecule has 0 aliphatic rings. The summed E-state index contributed by atoms with van der Waals surface area (Å²) in [5, 5.41) is 51.8. The predicted octanol–water partition coefficient (Wildman–Crippen LogP) is -0.489. The third-order valence-corrected chi connectivity index (χ3v) is 3.21. The van der Waals surface area contributed by atoms with Crippen LogP contribution in [0.2, 0.25) is 0 Å². The SMILES string of the molecule is O=c1ccoc(CO)c1O.O=c1ccoc(CO)c1O.O=c1ccoc(CO)c1O.[V]. The molecule has 3 aromatic rings. The predicted molar refractivity (Wildman–Crippen MR) is 97.7 cm³/mol. The van der Waals surface area contributed by atoms with Crippen LogP contribution in [0.4, 0.5) is 0 Å². The summed E-state index contributed by atoms with van der Waals surface area (Å²) < 4.78 is 13.8. The Hall–Kier alpha value is -3.29. The van der Waals surface area contributed by atoms with Gasteiger partial charge in [0.2, 0.25) is 33.5 Å². The van der Waals surface area contributed by atoms with E-state index in [1.165, 1.54) is 0 Å². The fourth-order valence-corrected chi connectivity index (χ4v) is 1.69. The Morgan fingerprint density at radius 1 is 0.548 bits per heavy atom. The number of hydrogen-bond acceptors (Lipinski definition) is 12. The zero-order chi connectivity index (χ0) is 22.7. The van der Waals surface area contributed by atoms with Crippen LogP contribution < -0.4 is 16.3 Å². The summed E-state index contributed by atoms with van der Waals surface area (Å²) in [7, 11) is 0. The van der Waals surface area contributed by atoms with E-state index >= 15 is 0 Å². The third kappa shape index (κ3) is 8.16. The molecule has 0 fully saturated rings. The summed E-state index contributed by atoms with van der Waals surface area (Å²) in [6, 6.07) is 3.23. The molecular weight excluding hydrogens is 459 g/mol. The summed E-state index contributed by atoms with van der Waals surface area (Å²) in [6.07, 6.45) is 3.36. The molecule has 167 valence electrons. The molecule has 0 unspecified atom stereocenters. The molecule has 3 aromatic heterocycles. The van der Waals surface area contributed by atoms with Gasteiger partial charge >= 0.3 is 0 Å². The van der Waals surface area contributed by atoms with E-state index in [9.17, 15) is 14.4 Å². The van der Waals surface area contributed by atoms with Crippen LogP contribution in [0.25, 0.3) is 0 Å². The van der Waals surface area contributed by atoms with Gasteiger partial charge in [-0.2, -0.15) is 0 Å². The first-order valence-corrected chi connectivity index (χ1v) is 7.98. The smallest absolute Gasteiger partial charge is 0.226 e. The number of aliphatic hydroxyl groups excluding tert-OH is 3. The molecule has 0 saturated carbocycles. The van der Waals surface area contributed by atoms with Gasteiger partial charge in [-0.3, -0.25) is 14.4 Å². The molecule has 12 nitrogen and oxygen atoms in total. The normalized spacial score (nSPS) is 9.39. The van der Waals surface area contributed by atoms with Gasteiger partial charge in [0.1, 0.15) is 19.8 Å². The van der Waals surface area contributed by atoms with Crippen molar-refractivity contribution in [1.82, 2.24) is 0 Å². The van der Waals surface area contributed by atoms with Gasteiger partial charge in [0.25, 0.3) is 0 Å². The van der Waals surface area contributed by atoms with Crippen LogP contribution in [0.15, 0.2) is 64.6 Å². The molecule has 0 aliphatic carbocycles. The van der Waals surface area contributed by atoms with Crippen LogP contribution in [0, 0.1) is 0 Å². The minimum absolute atomic E-state index is 0.